The summed E-state index contributed by atoms with van der Waals surface area (Å²) in [4.78, 5) is 25.6. The van der Waals surface area contributed by atoms with Gasteiger partial charge in [0.25, 0.3) is 5.91 Å². The molecule has 0 saturated carbocycles. The van der Waals surface area contributed by atoms with Crippen LogP contribution in [-0.4, -0.2) is 46.5 Å². The third-order valence-electron chi connectivity index (χ3n) is 4.33. The van der Waals surface area contributed by atoms with E-state index < -0.39 is 0 Å². The van der Waals surface area contributed by atoms with Crippen LogP contribution in [0.5, 0.6) is 5.75 Å². The number of anilines is 1. The van der Waals surface area contributed by atoms with Gasteiger partial charge in [0, 0.05) is 26.2 Å². The predicted octanol–water partition coefficient (Wildman–Crippen LogP) is 2.06. The number of hydrogen-bond donors (Lipinski definition) is 1. The molecule has 1 aliphatic rings. The molecule has 0 atom stereocenters. The second-order valence-corrected chi connectivity index (χ2v) is 6.36. The van der Waals surface area contributed by atoms with Gasteiger partial charge in [-0.1, -0.05) is 12.1 Å². The van der Waals surface area contributed by atoms with E-state index in [4.69, 9.17) is 0 Å². The number of nitrogens with zero attached hydrogens (tertiary/aromatic N) is 4. The molecule has 126 valence electrons. The Morgan fingerprint density at radius 2 is 2.00 bits per heavy atom. The lowest BCUT2D eigenvalue weighted by Gasteiger charge is -2.30. The summed E-state index contributed by atoms with van der Waals surface area (Å²) in [5.41, 5.74) is 3.03. The molecule has 3 rings (SSSR count). The number of phenols is 1. The average Bonchev–Trinajstić information content (AvgIpc) is 2.55. The van der Waals surface area contributed by atoms with Crippen LogP contribution >= 0.6 is 0 Å². The number of para-hydroxylation sites is 1. The van der Waals surface area contributed by atoms with Crippen molar-refractivity contribution in [1.29, 1.82) is 0 Å². The van der Waals surface area contributed by atoms with Crippen LogP contribution in [0.1, 0.15) is 33.0 Å². The van der Waals surface area contributed by atoms with Gasteiger partial charge in [-0.3, -0.25) is 4.79 Å². The first-order chi connectivity index (χ1) is 11.4. The van der Waals surface area contributed by atoms with Crippen molar-refractivity contribution >= 4 is 11.7 Å². The van der Waals surface area contributed by atoms with E-state index in [-0.39, 0.29) is 11.7 Å². The summed E-state index contributed by atoms with van der Waals surface area (Å²) in [6, 6.07) is 5.24. The Morgan fingerprint density at radius 1 is 1.25 bits per heavy atom. The Morgan fingerprint density at radius 3 is 2.71 bits per heavy atom. The number of hydrogen-bond acceptors (Lipinski definition) is 5. The molecule has 1 aliphatic heterocycles. The molecule has 6 nitrogen and oxygen atoms in total. The van der Waals surface area contributed by atoms with E-state index >= 15 is 0 Å². The fourth-order valence-electron chi connectivity index (χ4n) is 3.08. The fourth-order valence-corrected chi connectivity index (χ4v) is 3.08. The fraction of sp³-hybridized carbons (Fsp3) is 0.389. The van der Waals surface area contributed by atoms with E-state index in [1.807, 2.05) is 25.9 Å². The Bertz CT molecular complexity index is 802. The van der Waals surface area contributed by atoms with E-state index in [2.05, 4.69) is 9.97 Å². The molecule has 0 radical (unpaired) electrons. The molecule has 1 aromatic heterocycles. The first-order valence-corrected chi connectivity index (χ1v) is 8.00. The molecule has 2 heterocycles. The summed E-state index contributed by atoms with van der Waals surface area (Å²) in [5, 5.41) is 10.2. The van der Waals surface area contributed by atoms with E-state index in [9.17, 15) is 9.90 Å². The second-order valence-electron chi connectivity index (χ2n) is 6.36. The Kier molecular flexibility index (Phi) is 4.13. The van der Waals surface area contributed by atoms with Crippen molar-refractivity contribution < 1.29 is 9.90 Å². The van der Waals surface area contributed by atoms with Crippen LogP contribution in [0.25, 0.3) is 0 Å². The lowest BCUT2D eigenvalue weighted by molar-refractivity contribution is 0.0728. The van der Waals surface area contributed by atoms with Crippen LogP contribution in [0.2, 0.25) is 0 Å². The zero-order chi connectivity index (χ0) is 17.4. The molecule has 2 aromatic rings. The van der Waals surface area contributed by atoms with Crippen LogP contribution in [0, 0.1) is 13.8 Å². The number of aromatic nitrogens is 2. The van der Waals surface area contributed by atoms with Crippen molar-refractivity contribution in [2.45, 2.75) is 26.8 Å². The predicted molar refractivity (Wildman–Crippen MR) is 92.4 cm³/mol. The summed E-state index contributed by atoms with van der Waals surface area (Å²) >= 11 is 0. The molecular formula is C18H22N4O2. The second kappa shape index (κ2) is 6.11. The highest BCUT2D eigenvalue weighted by molar-refractivity contribution is 5.97. The van der Waals surface area contributed by atoms with Crippen molar-refractivity contribution in [2.24, 2.45) is 0 Å². The summed E-state index contributed by atoms with van der Waals surface area (Å²) in [6.07, 6.45) is 0.710. The minimum Gasteiger partial charge on any atom is -0.507 e. The third-order valence-corrected chi connectivity index (χ3v) is 4.33. The summed E-state index contributed by atoms with van der Waals surface area (Å²) in [7, 11) is 3.93. The number of aromatic hydroxyl groups is 1. The molecular weight excluding hydrogens is 304 g/mol. The number of amides is 1. The lowest BCUT2D eigenvalue weighted by Crippen LogP contribution is -2.37. The van der Waals surface area contributed by atoms with Crippen molar-refractivity contribution in [3.05, 3.63) is 46.4 Å². The number of fused-ring (bicyclic) bond motifs is 1. The smallest absolute Gasteiger partial charge is 0.257 e. The van der Waals surface area contributed by atoms with Crippen molar-refractivity contribution in [1.82, 2.24) is 14.9 Å². The molecule has 6 heteroatoms. The molecule has 0 saturated heterocycles. The van der Waals surface area contributed by atoms with E-state index in [0.717, 1.165) is 17.1 Å². The Labute approximate surface area is 141 Å². The maximum absolute atomic E-state index is 12.8. The quantitative estimate of drug-likeness (QED) is 0.915. The number of carbonyl (C=O) groups is 1. The number of rotatable bonds is 2. The van der Waals surface area contributed by atoms with Gasteiger partial charge >= 0.3 is 0 Å². The largest absolute Gasteiger partial charge is 0.507 e. The molecule has 1 amide bonds. The highest BCUT2D eigenvalue weighted by Crippen LogP contribution is 2.28. The van der Waals surface area contributed by atoms with Gasteiger partial charge in [0.15, 0.2) is 0 Å². The summed E-state index contributed by atoms with van der Waals surface area (Å²) in [5.74, 6) is 1.51. The number of phenolic OH excluding ortho intramolecular Hbond substituents is 1. The minimum atomic E-state index is -0.162. The van der Waals surface area contributed by atoms with Gasteiger partial charge in [-0.15, -0.1) is 0 Å². The zero-order valence-electron chi connectivity index (χ0n) is 14.5. The molecule has 0 spiro atoms. The molecule has 1 N–H and O–H groups in total. The minimum absolute atomic E-state index is 0.0566. The first-order valence-electron chi connectivity index (χ1n) is 8.00. The molecule has 0 aliphatic carbocycles. The molecule has 0 unspecified atom stereocenters. The van der Waals surface area contributed by atoms with Gasteiger partial charge in [0.2, 0.25) is 0 Å². The van der Waals surface area contributed by atoms with E-state index in [0.29, 0.717) is 36.5 Å². The van der Waals surface area contributed by atoms with Gasteiger partial charge in [-0.25, -0.2) is 9.97 Å². The highest BCUT2D eigenvalue weighted by Gasteiger charge is 2.27. The SMILES string of the molecule is Cc1nc2c(c(N(C)C)n1)CCN(C(=O)c1cccc(C)c1O)C2. The van der Waals surface area contributed by atoms with E-state index in [1.54, 1.807) is 30.0 Å². The van der Waals surface area contributed by atoms with Gasteiger partial charge in [-0.2, -0.15) is 0 Å². The monoisotopic (exact) mass is 326 g/mol. The van der Waals surface area contributed by atoms with Gasteiger partial charge in [0.1, 0.15) is 17.4 Å². The van der Waals surface area contributed by atoms with Crippen LogP contribution in [0.4, 0.5) is 5.82 Å². The van der Waals surface area contributed by atoms with Crippen molar-refractivity contribution in [2.75, 3.05) is 25.5 Å². The highest BCUT2D eigenvalue weighted by atomic mass is 16.3. The van der Waals surface area contributed by atoms with Gasteiger partial charge in [-0.05, 0) is 31.9 Å². The first kappa shape index (κ1) is 16.2. The summed E-state index contributed by atoms with van der Waals surface area (Å²) < 4.78 is 0. The maximum Gasteiger partial charge on any atom is 0.257 e. The van der Waals surface area contributed by atoms with Crippen LogP contribution < -0.4 is 4.90 Å². The number of benzene rings is 1. The molecule has 0 fully saturated rings. The number of aryl methyl sites for hydroxylation is 2. The topological polar surface area (TPSA) is 69.6 Å². The van der Waals surface area contributed by atoms with Crippen LogP contribution in [-0.2, 0) is 13.0 Å². The lowest BCUT2D eigenvalue weighted by atomic mass is 10.0. The van der Waals surface area contributed by atoms with E-state index in [1.165, 1.54) is 0 Å². The summed E-state index contributed by atoms with van der Waals surface area (Å²) in [6.45, 7) is 4.68. The zero-order valence-corrected chi connectivity index (χ0v) is 14.5. The van der Waals surface area contributed by atoms with Gasteiger partial charge in [0.05, 0.1) is 17.8 Å². The maximum atomic E-state index is 12.8. The Balaban J connectivity index is 1.93. The third kappa shape index (κ3) is 2.79. The normalized spacial score (nSPS) is 13.6. The molecule has 1 aromatic carbocycles. The molecule has 24 heavy (non-hydrogen) atoms. The molecule has 0 bridgehead atoms. The average molecular weight is 326 g/mol. The Hall–Kier alpha value is -2.63. The van der Waals surface area contributed by atoms with Crippen LogP contribution in [0.15, 0.2) is 18.2 Å². The van der Waals surface area contributed by atoms with Gasteiger partial charge < -0.3 is 14.9 Å². The number of carbonyl (C=O) groups excluding carboxylic acids is 1. The van der Waals surface area contributed by atoms with Crippen molar-refractivity contribution in [3.63, 3.8) is 0 Å². The van der Waals surface area contributed by atoms with Crippen molar-refractivity contribution in [3.8, 4) is 5.75 Å². The van der Waals surface area contributed by atoms with Crippen LogP contribution in [0.3, 0.4) is 0 Å². The standard InChI is InChI=1S/C18H22N4O2/c1-11-6-5-7-14(16(11)23)18(24)22-9-8-13-15(10-22)19-12(2)20-17(13)21(3)4/h5-7,23H,8-10H2,1-4H3.